The first-order chi connectivity index (χ1) is 27.4. The van der Waals surface area contributed by atoms with E-state index in [1.165, 1.54) is 26.0 Å². The van der Waals surface area contributed by atoms with Gasteiger partial charge in [0.25, 0.3) is 0 Å². The molecule has 1 fully saturated rings. The van der Waals surface area contributed by atoms with E-state index in [2.05, 4.69) is 34.4 Å². The fourth-order valence-electron chi connectivity index (χ4n) is 4.89. The predicted molar refractivity (Wildman–Crippen MR) is 202 cm³/mol. The summed E-state index contributed by atoms with van der Waals surface area (Å²) in [5.74, 6) is -2.37. The van der Waals surface area contributed by atoms with E-state index in [4.69, 9.17) is 24.6 Å². The fraction of sp³-hybridized carbons (Fsp3) is 0.552. The molecule has 1 aliphatic heterocycles. The number of anilines is 1. The summed E-state index contributed by atoms with van der Waals surface area (Å²) in [6.45, 7) is 0.295. The predicted octanol–water partition coefficient (Wildman–Crippen LogP) is -0.358. The zero-order chi connectivity index (χ0) is 44.2. The van der Waals surface area contributed by atoms with Crippen LogP contribution in [-0.4, -0.2) is 134 Å². The second-order valence-corrected chi connectivity index (χ2v) is 18.3. The van der Waals surface area contributed by atoms with Crippen LogP contribution < -0.4 is 16.4 Å². The molecule has 0 radical (unpaired) electrons. The lowest BCUT2D eigenvalue weighted by Gasteiger charge is -2.30. The van der Waals surface area contributed by atoms with E-state index in [1.54, 1.807) is 6.08 Å². The van der Waals surface area contributed by atoms with Crippen molar-refractivity contribution in [1.82, 2.24) is 30.2 Å². The highest BCUT2D eigenvalue weighted by molar-refractivity contribution is 8.14. The number of aliphatic hydroxyl groups excluding tert-OH is 2. The molecule has 2 amide bonds. The summed E-state index contributed by atoms with van der Waals surface area (Å²) < 4.78 is 62.1. The maximum absolute atomic E-state index is 12.7. The van der Waals surface area contributed by atoms with Gasteiger partial charge in [-0.15, -0.1) is 0 Å². The summed E-state index contributed by atoms with van der Waals surface area (Å²) in [5.41, 5.74) is 4.21. The number of rotatable bonds is 24. The van der Waals surface area contributed by atoms with Crippen molar-refractivity contribution < 1.29 is 90.4 Å². The average Bonchev–Trinajstić information content (AvgIpc) is 3.69. The van der Waals surface area contributed by atoms with E-state index in [-0.39, 0.29) is 47.4 Å². The molecule has 2 aromatic heterocycles. The number of hydrogen-bond donors (Lipinski definition) is 10. The molecule has 26 nitrogen and oxygen atoms in total. The average molecular weight is 920 g/mol. The molecule has 0 saturated carbocycles. The number of carbonyl (C=O) groups excluding carboxylic acids is 3. The molecule has 30 heteroatoms. The number of hydrogen-bond acceptors (Lipinski definition) is 19. The normalized spacial score (nSPS) is 21.4. The lowest BCUT2D eigenvalue weighted by atomic mass is 9.87. The Balaban J connectivity index is 1.44. The second kappa shape index (κ2) is 21.9. The van der Waals surface area contributed by atoms with E-state index in [0.29, 0.717) is 12.8 Å². The molecule has 7 atom stereocenters. The minimum absolute atomic E-state index is 0.0207. The summed E-state index contributed by atoms with van der Waals surface area (Å²) >= 11 is 0.940. The van der Waals surface area contributed by atoms with Crippen molar-refractivity contribution in [2.24, 2.45) is 5.41 Å². The number of aromatic nitrogens is 4. The number of thioether (sulfide) groups is 1. The number of fused-ring (bicyclic) bond motifs is 1. The van der Waals surface area contributed by atoms with Gasteiger partial charge in [-0.1, -0.05) is 37.8 Å². The van der Waals surface area contributed by atoms with Gasteiger partial charge in [0.1, 0.15) is 36.3 Å². The van der Waals surface area contributed by atoms with Crippen LogP contribution in [0, 0.1) is 5.41 Å². The highest BCUT2D eigenvalue weighted by Crippen LogP contribution is 2.61. The van der Waals surface area contributed by atoms with E-state index >= 15 is 0 Å². The van der Waals surface area contributed by atoms with Gasteiger partial charge in [0.15, 0.2) is 17.7 Å². The van der Waals surface area contributed by atoms with Gasteiger partial charge in [0.05, 0.1) is 19.5 Å². The van der Waals surface area contributed by atoms with E-state index in [9.17, 15) is 62.7 Å². The maximum Gasteiger partial charge on any atom is 0.481 e. The molecule has 0 aromatic carbocycles. The Morgan fingerprint density at radius 3 is 2.34 bits per heavy atom. The van der Waals surface area contributed by atoms with Crippen LogP contribution >= 0.6 is 35.2 Å². The maximum atomic E-state index is 12.7. The Morgan fingerprint density at radius 1 is 1.02 bits per heavy atom. The van der Waals surface area contributed by atoms with Crippen LogP contribution in [0.25, 0.3) is 11.2 Å². The Labute approximate surface area is 339 Å². The van der Waals surface area contributed by atoms with Gasteiger partial charge in [-0.2, -0.15) is 4.31 Å². The van der Waals surface area contributed by atoms with Crippen LogP contribution in [0.1, 0.15) is 39.3 Å². The third kappa shape index (κ3) is 16.5. The molecule has 2 aromatic rings. The number of phosphoric acid groups is 3. The minimum atomic E-state index is -5.59. The molecule has 3 rings (SSSR count). The number of nitrogen functional groups attached to an aromatic ring is 1. The molecular formula is C29H44N7O19P3S. The molecular weight excluding hydrogens is 875 g/mol. The van der Waals surface area contributed by atoms with Crippen molar-refractivity contribution in [2.75, 3.05) is 37.8 Å². The van der Waals surface area contributed by atoms with Gasteiger partial charge in [-0.25, -0.2) is 33.4 Å². The van der Waals surface area contributed by atoms with Crippen LogP contribution in [0.2, 0.25) is 0 Å². The van der Waals surface area contributed by atoms with Gasteiger partial charge in [0, 0.05) is 36.8 Å². The van der Waals surface area contributed by atoms with Crippen LogP contribution in [0.5, 0.6) is 0 Å². The van der Waals surface area contributed by atoms with Crippen molar-refractivity contribution in [3.8, 4) is 0 Å². The number of phosphoric ester groups is 3. The highest BCUT2D eigenvalue weighted by Gasteiger charge is 2.50. The lowest BCUT2D eigenvalue weighted by Crippen LogP contribution is -2.46. The second-order valence-electron chi connectivity index (χ2n) is 13.0. The summed E-state index contributed by atoms with van der Waals surface area (Å²) in [6, 6.07) is 0. The number of allylic oxidation sites excluding steroid dienone is 2. The van der Waals surface area contributed by atoms with E-state index in [1.807, 2.05) is 0 Å². The molecule has 59 heavy (non-hydrogen) atoms. The van der Waals surface area contributed by atoms with Gasteiger partial charge in [-0.3, -0.25) is 32.5 Å². The molecule has 3 heterocycles. The molecule has 7 unspecified atom stereocenters. The first-order valence-corrected chi connectivity index (χ1v) is 22.5. The van der Waals surface area contributed by atoms with Gasteiger partial charge >= 0.3 is 29.4 Å². The summed E-state index contributed by atoms with van der Waals surface area (Å²) in [4.78, 5) is 97.8. The fourth-order valence-corrected chi connectivity index (χ4v) is 8.31. The first-order valence-electron chi connectivity index (χ1n) is 17.0. The van der Waals surface area contributed by atoms with Gasteiger partial charge in [0.2, 0.25) is 16.9 Å². The van der Waals surface area contributed by atoms with Crippen LogP contribution in [0.4, 0.5) is 5.82 Å². The molecule has 0 spiro atoms. The van der Waals surface area contributed by atoms with Crippen molar-refractivity contribution in [3.05, 3.63) is 37.0 Å². The molecule has 1 saturated heterocycles. The van der Waals surface area contributed by atoms with Gasteiger partial charge < -0.3 is 56.0 Å². The Hall–Kier alpha value is -3.49. The van der Waals surface area contributed by atoms with Crippen LogP contribution in [-0.2, 0) is 55.5 Å². The Kier molecular flexibility index (Phi) is 18.5. The molecule has 11 N–H and O–H groups in total. The molecule has 0 aliphatic carbocycles. The number of carboxylic acids is 1. The summed E-state index contributed by atoms with van der Waals surface area (Å²) in [6.07, 6.45) is -0.754. The minimum Gasteiger partial charge on any atom is -0.478 e. The number of unbranched alkanes of at least 4 members (excludes halogenated alkanes) is 1. The van der Waals surface area contributed by atoms with Crippen molar-refractivity contribution in [2.45, 2.75) is 63.8 Å². The van der Waals surface area contributed by atoms with Crippen molar-refractivity contribution >= 4 is 75.1 Å². The number of carbonyl (C=O) groups is 4. The Morgan fingerprint density at radius 2 is 1.68 bits per heavy atom. The number of nitrogens with zero attached hydrogens (tertiary/aromatic N) is 4. The van der Waals surface area contributed by atoms with Crippen LogP contribution in [0.3, 0.4) is 0 Å². The number of ether oxygens (including phenoxy) is 1. The standard InChI is InChI=1S/C29H44N7O19P3S/c1-29(2,24(42)27(43)32-10-9-18(37)31-11-12-59-20(40)8-6-4-3-5-7-19(38)39)14-52-58(49,50)55-57(47,48)51-13-17-23(54-56(44,45)46)22(41)28(53-17)36-16-35-21-25(30)33-15-34-26(21)36/h5-8,15-17,22-24,28,41-42H,3-4,9-14H2,1-2H3,(H,31,37)(H,32,43)(H,38,39)(H,47,48)(H,49,50)(H2,30,33,34)(H2,44,45,46)/b7-5+,8-6+. The van der Waals surface area contributed by atoms with Crippen LogP contribution in [0.15, 0.2) is 37.0 Å². The monoisotopic (exact) mass is 919 g/mol. The topological polar surface area (TPSA) is 401 Å². The Bertz CT molecular complexity index is 2010. The zero-order valence-electron chi connectivity index (χ0n) is 31.2. The van der Waals surface area contributed by atoms with E-state index < -0.39 is 90.5 Å². The number of amides is 2. The number of aliphatic hydroxyl groups is 2. The largest absolute Gasteiger partial charge is 0.481 e. The smallest absolute Gasteiger partial charge is 0.478 e. The third-order valence-electron chi connectivity index (χ3n) is 7.76. The van der Waals surface area contributed by atoms with E-state index in [0.717, 1.165) is 35.1 Å². The molecule has 1 aliphatic rings. The number of nitrogens with two attached hydrogens (primary N) is 1. The number of nitrogens with one attached hydrogen (secondary N) is 2. The lowest BCUT2D eigenvalue weighted by molar-refractivity contribution is -0.137. The molecule has 0 bridgehead atoms. The number of imidazole rings is 1. The summed E-state index contributed by atoms with van der Waals surface area (Å²) in [7, 11) is -16.4. The van der Waals surface area contributed by atoms with Gasteiger partial charge in [-0.05, 0) is 18.9 Å². The zero-order valence-corrected chi connectivity index (χ0v) is 34.7. The van der Waals surface area contributed by atoms with Crippen molar-refractivity contribution in [3.63, 3.8) is 0 Å². The number of carboxylic acid groups (broad SMARTS) is 1. The molecule has 330 valence electrons. The third-order valence-corrected chi connectivity index (χ3v) is 11.7. The number of aliphatic carboxylic acids is 1. The summed E-state index contributed by atoms with van der Waals surface area (Å²) in [5, 5.41) is 34.5. The van der Waals surface area contributed by atoms with Crippen molar-refractivity contribution in [1.29, 1.82) is 0 Å². The highest BCUT2D eigenvalue weighted by atomic mass is 32.2. The first kappa shape index (κ1) is 49.9. The SMILES string of the molecule is CC(C)(COP(=O)(O)OP(=O)(O)OCC1OC(n2cnc3c(N)ncnc32)C(O)C1OP(=O)(O)O)C(O)C(=O)NCCC(=O)NCCSC(=O)/C=C/CC/C=C/C(=O)O. The quantitative estimate of drug-likeness (QED) is 0.0365.